The number of rotatable bonds is 3. The summed E-state index contributed by atoms with van der Waals surface area (Å²) in [6.45, 7) is 4.62. The van der Waals surface area contributed by atoms with Crippen LogP contribution in [0, 0.1) is 29.5 Å². The molecule has 138 valence electrons. The molecule has 0 aliphatic heterocycles. The van der Waals surface area contributed by atoms with Crippen LogP contribution in [0.25, 0.3) is 0 Å². The highest BCUT2D eigenvalue weighted by molar-refractivity contribution is 5.38. The van der Waals surface area contributed by atoms with E-state index in [1.54, 1.807) is 0 Å². The van der Waals surface area contributed by atoms with E-state index >= 15 is 4.39 Å². The fourth-order valence-electron chi connectivity index (χ4n) is 6.26. The zero-order chi connectivity index (χ0) is 17.4. The Morgan fingerprint density at radius 2 is 1.80 bits per heavy atom. The minimum Gasteiger partial charge on any atom is -0.206 e. The average Bonchev–Trinajstić information content (AvgIpc) is 2.62. The van der Waals surface area contributed by atoms with Gasteiger partial charge in [-0.25, -0.2) is 4.39 Å². The Bertz CT molecular complexity index is 604. The molecule has 0 radical (unpaired) electrons. The number of fused-ring (bicyclic) bond motifs is 2. The van der Waals surface area contributed by atoms with Gasteiger partial charge in [0, 0.05) is 0 Å². The first kappa shape index (κ1) is 17.6. The van der Waals surface area contributed by atoms with Gasteiger partial charge in [-0.05, 0) is 97.6 Å². The lowest BCUT2D eigenvalue weighted by Crippen LogP contribution is -2.31. The van der Waals surface area contributed by atoms with Gasteiger partial charge >= 0.3 is 0 Å². The molecule has 2 saturated carbocycles. The van der Waals surface area contributed by atoms with Crippen molar-refractivity contribution in [1.29, 1.82) is 0 Å². The number of halogens is 1. The molecule has 0 heterocycles. The molecule has 2 fully saturated rings. The van der Waals surface area contributed by atoms with E-state index in [4.69, 9.17) is 0 Å². The van der Waals surface area contributed by atoms with Gasteiger partial charge in [0.2, 0.25) is 0 Å². The first-order valence-electron chi connectivity index (χ1n) is 11.0. The van der Waals surface area contributed by atoms with Crippen LogP contribution in [0.15, 0.2) is 12.1 Å². The van der Waals surface area contributed by atoms with Crippen molar-refractivity contribution in [2.75, 3.05) is 0 Å². The highest BCUT2D eigenvalue weighted by Crippen LogP contribution is 2.49. The highest BCUT2D eigenvalue weighted by atomic mass is 19.1. The first-order valence-corrected chi connectivity index (χ1v) is 11.0. The maximum atomic E-state index is 15.3. The van der Waals surface area contributed by atoms with Gasteiger partial charge in [-0.3, -0.25) is 0 Å². The summed E-state index contributed by atoms with van der Waals surface area (Å²) < 4.78 is 15.3. The van der Waals surface area contributed by atoms with Crippen LogP contribution in [-0.4, -0.2) is 0 Å². The van der Waals surface area contributed by atoms with E-state index < -0.39 is 0 Å². The lowest BCUT2D eigenvalue weighted by Gasteiger charge is -2.42. The summed E-state index contributed by atoms with van der Waals surface area (Å²) >= 11 is 0. The van der Waals surface area contributed by atoms with Gasteiger partial charge in [-0.2, -0.15) is 0 Å². The SMILES string of the molecule is CCCC1CCC2CC(c3ccc4c(c3F)CCC(C)C4)CCC2C1. The third-order valence-electron chi connectivity index (χ3n) is 7.68. The van der Waals surface area contributed by atoms with Crippen LogP contribution in [-0.2, 0) is 12.8 Å². The fraction of sp³-hybridized carbons (Fsp3) is 0.750. The Labute approximate surface area is 153 Å². The van der Waals surface area contributed by atoms with Gasteiger partial charge in [0.25, 0.3) is 0 Å². The van der Waals surface area contributed by atoms with E-state index in [2.05, 4.69) is 26.0 Å². The largest absolute Gasteiger partial charge is 0.206 e. The first-order chi connectivity index (χ1) is 12.2. The molecule has 4 rings (SSSR count). The van der Waals surface area contributed by atoms with E-state index in [1.807, 2.05) is 0 Å². The second kappa shape index (κ2) is 7.41. The van der Waals surface area contributed by atoms with Gasteiger partial charge in [-0.15, -0.1) is 0 Å². The van der Waals surface area contributed by atoms with Crippen LogP contribution in [0.1, 0.15) is 94.2 Å². The molecule has 0 nitrogen and oxygen atoms in total. The number of hydrogen-bond donors (Lipinski definition) is 0. The topological polar surface area (TPSA) is 0 Å². The highest BCUT2D eigenvalue weighted by Gasteiger charge is 2.36. The van der Waals surface area contributed by atoms with Gasteiger partial charge in [0.15, 0.2) is 0 Å². The molecular formula is C24H35F. The molecule has 1 aromatic carbocycles. The smallest absolute Gasteiger partial charge is 0.130 e. The summed E-state index contributed by atoms with van der Waals surface area (Å²) in [6, 6.07) is 4.41. The van der Waals surface area contributed by atoms with Crippen molar-refractivity contribution in [3.8, 4) is 0 Å². The molecular weight excluding hydrogens is 307 g/mol. The van der Waals surface area contributed by atoms with Crippen molar-refractivity contribution in [3.05, 3.63) is 34.6 Å². The molecule has 0 aromatic heterocycles. The summed E-state index contributed by atoms with van der Waals surface area (Å²) in [7, 11) is 0. The van der Waals surface area contributed by atoms with Crippen LogP contribution < -0.4 is 0 Å². The molecule has 5 unspecified atom stereocenters. The number of benzene rings is 1. The summed E-state index contributed by atoms with van der Waals surface area (Å²) in [5.41, 5.74) is 3.40. The molecule has 3 aliphatic rings. The maximum Gasteiger partial charge on any atom is 0.130 e. The van der Waals surface area contributed by atoms with E-state index in [-0.39, 0.29) is 5.82 Å². The monoisotopic (exact) mass is 342 g/mol. The Morgan fingerprint density at radius 3 is 2.64 bits per heavy atom. The predicted molar refractivity (Wildman–Crippen MR) is 103 cm³/mol. The summed E-state index contributed by atoms with van der Waals surface area (Å²) in [6.07, 6.45) is 14.0. The van der Waals surface area contributed by atoms with Gasteiger partial charge in [0.1, 0.15) is 5.82 Å². The third kappa shape index (κ3) is 3.53. The minimum atomic E-state index is 0.174. The van der Waals surface area contributed by atoms with E-state index in [9.17, 15) is 0 Å². The predicted octanol–water partition coefficient (Wildman–Crippen LogP) is 7.05. The second-order valence-corrected chi connectivity index (χ2v) is 9.45. The third-order valence-corrected chi connectivity index (χ3v) is 7.68. The quantitative estimate of drug-likeness (QED) is 0.552. The average molecular weight is 343 g/mol. The van der Waals surface area contributed by atoms with Crippen LogP contribution in [0.2, 0.25) is 0 Å². The Kier molecular flexibility index (Phi) is 5.20. The Morgan fingerprint density at radius 1 is 1.00 bits per heavy atom. The molecule has 0 N–H and O–H groups in total. The van der Waals surface area contributed by atoms with Crippen LogP contribution in [0.3, 0.4) is 0 Å². The van der Waals surface area contributed by atoms with Gasteiger partial charge in [-0.1, -0.05) is 45.2 Å². The lowest BCUT2D eigenvalue weighted by atomic mass is 9.63. The van der Waals surface area contributed by atoms with Crippen molar-refractivity contribution in [2.45, 2.75) is 90.4 Å². The maximum absolute atomic E-state index is 15.3. The van der Waals surface area contributed by atoms with E-state index in [1.165, 1.54) is 56.9 Å². The standard InChI is InChI=1S/C24H35F/c1-3-4-17-6-7-19-15-21(9-8-18(19)14-17)23-12-10-20-13-16(2)5-11-22(20)24(23)25/h10,12,16-19,21H,3-9,11,13-15H2,1-2H3. The van der Waals surface area contributed by atoms with Crippen molar-refractivity contribution in [2.24, 2.45) is 23.7 Å². The molecule has 5 atom stereocenters. The van der Waals surface area contributed by atoms with Crippen molar-refractivity contribution >= 4 is 0 Å². The Hall–Kier alpha value is -0.850. The summed E-state index contributed by atoms with van der Waals surface area (Å²) in [5, 5.41) is 0. The van der Waals surface area contributed by atoms with Crippen LogP contribution in [0.5, 0.6) is 0 Å². The summed E-state index contributed by atoms with van der Waals surface area (Å²) in [4.78, 5) is 0. The summed E-state index contributed by atoms with van der Waals surface area (Å²) in [5.74, 6) is 4.14. The molecule has 1 heteroatoms. The van der Waals surface area contributed by atoms with Crippen molar-refractivity contribution < 1.29 is 4.39 Å². The van der Waals surface area contributed by atoms with Crippen LogP contribution >= 0.6 is 0 Å². The van der Waals surface area contributed by atoms with Gasteiger partial charge < -0.3 is 0 Å². The minimum absolute atomic E-state index is 0.174. The number of hydrogen-bond acceptors (Lipinski definition) is 0. The molecule has 0 amide bonds. The zero-order valence-electron chi connectivity index (χ0n) is 16.2. The van der Waals surface area contributed by atoms with Crippen LogP contribution in [0.4, 0.5) is 4.39 Å². The second-order valence-electron chi connectivity index (χ2n) is 9.45. The molecule has 0 spiro atoms. The van der Waals surface area contributed by atoms with E-state index in [0.717, 1.165) is 48.1 Å². The normalized spacial score (nSPS) is 35.1. The fourth-order valence-corrected chi connectivity index (χ4v) is 6.26. The van der Waals surface area contributed by atoms with E-state index in [0.29, 0.717) is 11.8 Å². The molecule has 0 bridgehead atoms. The molecule has 3 aliphatic carbocycles. The van der Waals surface area contributed by atoms with Gasteiger partial charge in [0.05, 0.1) is 0 Å². The molecule has 25 heavy (non-hydrogen) atoms. The molecule has 0 saturated heterocycles. The zero-order valence-corrected chi connectivity index (χ0v) is 16.2. The van der Waals surface area contributed by atoms with Crippen molar-refractivity contribution in [1.82, 2.24) is 0 Å². The van der Waals surface area contributed by atoms with Crippen molar-refractivity contribution in [3.63, 3.8) is 0 Å². The Balaban J connectivity index is 1.47. The molecule has 1 aromatic rings. The lowest BCUT2D eigenvalue weighted by molar-refractivity contribution is 0.113.